The van der Waals surface area contributed by atoms with Crippen LogP contribution >= 0.6 is 24.0 Å². The first-order valence-corrected chi connectivity index (χ1v) is 10.4. The van der Waals surface area contributed by atoms with Gasteiger partial charge in [-0.25, -0.2) is 4.98 Å². The van der Waals surface area contributed by atoms with Crippen molar-refractivity contribution in [2.45, 2.75) is 19.9 Å². The van der Waals surface area contributed by atoms with Crippen LogP contribution in [0.1, 0.15) is 22.8 Å². The highest BCUT2D eigenvalue weighted by atomic mass is 127. The number of guanidine groups is 1. The molecule has 31 heavy (non-hydrogen) atoms. The number of imidazole rings is 1. The summed E-state index contributed by atoms with van der Waals surface area (Å²) in [7, 11) is 1.80. The number of aryl methyl sites for hydroxylation is 2. The number of piperazine rings is 1. The fourth-order valence-corrected chi connectivity index (χ4v) is 3.93. The summed E-state index contributed by atoms with van der Waals surface area (Å²) in [5.74, 6) is 2.27. The summed E-state index contributed by atoms with van der Waals surface area (Å²) in [6.07, 6.45) is 2.50. The molecule has 0 radical (unpaired) electrons. The fourth-order valence-electron chi connectivity index (χ4n) is 3.93. The number of carbonyl (C=O) groups is 1. The summed E-state index contributed by atoms with van der Waals surface area (Å²) >= 11 is 0. The first-order valence-electron chi connectivity index (χ1n) is 10.4. The number of nitrogens with zero attached hydrogens (tertiary/aromatic N) is 5. The molecule has 1 amide bonds. The molecule has 0 aliphatic carbocycles. The minimum atomic E-state index is -0.0504. The summed E-state index contributed by atoms with van der Waals surface area (Å²) in [5.41, 5.74) is 2.22. The summed E-state index contributed by atoms with van der Waals surface area (Å²) < 4.78 is 7.49. The van der Waals surface area contributed by atoms with Gasteiger partial charge in [-0.1, -0.05) is 12.1 Å². The van der Waals surface area contributed by atoms with E-state index >= 15 is 0 Å². The van der Waals surface area contributed by atoms with Crippen LogP contribution in [0, 0.1) is 6.92 Å². The maximum atomic E-state index is 12.4. The number of aromatic nitrogens is 2. The van der Waals surface area contributed by atoms with Crippen LogP contribution in [0.3, 0.4) is 0 Å². The molecule has 0 unspecified atom stereocenters. The lowest BCUT2D eigenvalue weighted by Crippen LogP contribution is -2.53. The molecule has 9 heteroatoms. The predicted octanol–water partition coefficient (Wildman–Crippen LogP) is 2.98. The lowest BCUT2D eigenvalue weighted by atomic mass is 10.3. The van der Waals surface area contributed by atoms with Gasteiger partial charge in [0.25, 0.3) is 5.91 Å². The van der Waals surface area contributed by atoms with Crippen molar-refractivity contribution in [3.63, 3.8) is 0 Å². The standard InChI is InChI=1S/C22H28N6O2.HI/c1-17-25-18-7-3-4-8-19(18)28(17)11-6-10-24-22(23-2)27-14-12-26(13-15-27)21(29)20-9-5-16-30-20;/h3-5,7-9,16H,6,10-15H2,1-2H3,(H,23,24);1H. The number of furan rings is 1. The average molecular weight is 536 g/mol. The van der Waals surface area contributed by atoms with E-state index in [1.807, 2.05) is 11.0 Å². The Hall–Kier alpha value is -2.56. The molecule has 1 aromatic carbocycles. The number of hydrogen-bond acceptors (Lipinski definition) is 4. The van der Waals surface area contributed by atoms with Crippen LogP contribution < -0.4 is 5.32 Å². The summed E-state index contributed by atoms with van der Waals surface area (Å²) in [6, 6.07) is 11.7. The van der Waals surface area contributed by atoms with Gasteiger partial charge in [0.2, 0.25) is 0 Å². The molecule has 8 nitrogen and oxygen atoms in total. The smallest absolute Gasteiger partial charge is 0.289 e. The summed E-state index contributed by atoms with van der Waals surface area (Å²) in [4.78, 5) is 25.5. The number of rotatable bonds is 5. The van der Waals surface area contributed by atoms with E-state index < -0.39 is 0 Å². The van der Waals surface area contributed by atoms with Gasteiger partial charge in [0.15, 0.2) is 11.7 Å². The van der Waals surface area contributed by atoms with E-state index in [1.165, 1.54) is 11.8 Å². The van der Waals surface area contributed by atoms with E-state index in [1.54, 1.807) is 19.2 Å². The Bertz CT molecular complexity index is 1020. The number of hydrogen-bond donors (Lipinski definition) is 1. The first kappa shape index (κ1) is 23.1. The van der Waals surface area contributed by atoms with Crippen LogP contribution in [0.15, 0.2) is 52.1 Å². The Balaban J connectivity index is 0.00000272. The highest BCUT2D eigenvalue weighted by Crippen LogP contribution is 2.15. The molecule has 3 aromatic rings. The Kier molecular flexibility index (Phi) is 7.94. The second-order valence-electron chi connectivity index (χ2n) is 7.38. The van der Waals surface area contributed by atoms with Gasteiger partial charge in [-0.2, -0.15) is 0 Å². The van der Waals surface area contributed by atoms with E-state index in [-0.39, 0.29) is 29.9 Å². The predicted molar refractivity (Wildman–Crippen MR) is 132 cm³/mol. The van der Waals surface area contributed by atoms with Crippen molar-refractivity contribution in [2.75, 3.05) is 39.8 Å². The number of fused-ring (bicyclic) bond motifs is 1. The Morgan fingerprint density at radius 1 is 1.13 bits per heavy atom. The van der Waals surface area contributed by atoms with Crippen LogP contribution in [0.25, 0.3) is 11.0 Å². The average Bonchev–Trinajstić information content (AvgIpc) is 3.42. The number of aliphatic imine (C=N–C) groups is 1. The monoisotopic (exact) mass is 536 g/mol. The van der Waals surface area contributed by atoms with E-state index in [0.717, 1.165) is 49.9 Å². The van der Waals surface area contributed by atoms with Crippen molar-refractivity contribution in [3.8, 4) is 0 Å². The molecular weight excluding hydrogens is 507 g/mol. The van der Waals surface area contributed by atoms with Gasteiger partial charge >= 0.3 is 0 Å². The van der Waals surface area contributed by atoms with Gasteiger partial charge < -0.3 is 24.1 Å². The second kappa shape index (κ2) is 10.7. The normalized spacial score (nSPS) is 14.6. The number of nitrogens with one attached hydrogen (secondary N) is 1. The van der Waals surface area contributed by atoms with E-state index in [4.69, 9.17) is 4.42 Å². The van der Waals surface area contributed by atoms with Gasteiger partial charge in [-0.05, 0) is 37.6 Å². The van der Waals surface area contributed by atoms with Crippen LogP contribution in [0.5, 0.6) is 0 Å². The molecule has 0 saturated carbocycles. The lowest BCUT2D eigenvalue weighted by molar-refractivity contribution is 0.0657. The molecule has 1 aliphatic rings. The van der Waals surface area contributed by atoms with Crippen LogP contribution in [-0.4, -0.2) is 71.0 Å². The number of amides is 1. The third kappa shape index (κ3) is 5.20. The molecule has 0 spiro atoms. The van der Waals surface area contributed by atoms with Crippen LogP contribution in [-0.2, 0) is 6.54 Å². The highest BCUT2D eigenvalue weighted by Gasteiger charge is 2.25. The molecule has 0 bridgehead atoms. The van der Waals surface area contributed by atoms with Crippen molar-refractivity contribution in [2.24, 2.45) is 4.99 Å². The van der Waals surface area contributed by atoms with Gasteiger partial charge in [0.1, 0.15) is 5.82 Å². The minimum Gasteiger partial charge on any atom is -0.459 e. The zero-order chi connectivity index (χ0) is 20.9. The number of halogens is 1. The zero-order valence-electron chi connectivity index (χ0n) is 18.0. The Morgan fingerprint density at radius 3 is 2.58 bits per heavy atom. The first-order chi connectivity index (χ1) is 14.7. The minimum absolute atomic E-state index is 0. The van der Waals surface area contributed by atoms with E-state index in [2.05, 4.69) is 49.9 Å². The quantitative estimate of drug-likeness (QED) is 0.235. The van der Waals surface area contributed by atoms with Gasteiger partial charge in [0, 0.05) is 46.3 Å². The largest absolute Gasteiger partial charge is 0.459 e. The van der Waals surface area contributed by atoms with Crippen molar-refractivity contribution >= 4 is 46.9 Å². The second-order valence-corrected chi connectivity index (χ2v) is 7.38. The molecule has 0 atom stereocenters. The van der Waals surface area contributed by atoms with Crippen molar-refractivity contribution in [1.82, 2.24) is 24.7 Å². The van der Waals surface area contributed by atoms with E-state index in [9.17, 15) is 4.79 Å². The van der Waals surface area contributed by atoms with Crippen molar-refractivity contribution in [3.05, 3.63) is 54.2 Å². The Labute approximate surface area is 199 Å². The molecule has 1 fully saturated rings. The summed E-state index contributed by atoms with van der Waals surface area (Å²) in [6.45, 7) is 6.58. The molecule has 1 N–H and O–H groups in total. The molecule has 3 heterocycles. The maximum absolute atomic E-state index is 12.4. The maximum Gasteiger partial charge on any atom is 0.289 e. The van der Waals surface area contributed by atoms with Crippen molar-refractivity contribution in [1.29, 1.82) is 0 Å². The fraction of sp³-hybridized carbons (Fsp3) is 0.409. The van der Waals surface area contributed by atoms with Gasteiger partial charge in [-0.15, -0.1) is 24.0 Å². The molecule has 1 saturated heterocycles. The van der Waals surface area contributed by atoms with Crippen LogP contribution in [0.4, 0.5) is 0 Å². The molecule has 166 valence electrons. The van der Waals surface area contributed by atoms with Crippen LogP contribution in [0.2, 0.25) is 0 Å². The highest BCUT2D eigenvalue weighted by molar-refractivity contribution is 14.0. The zero-order valence-corrected chi connectivity index (χ0v) is 20.3. The third-order valence-corrected chi connectivity index (χ3v) is 5.50. The van der Waals surface area contributed by atoms with Gasteiger partial charge in [0.05, 0.1) is 17.3 Å². The lowest BCUT2D eigenvalue weighted by Gasteiger charge is -2.36. The Morgan fingerprint density at radius 2 is 1.87 bits per heavy atom. The SMILES string of the molecule is CN=C(NCCCn1c(C)nc2ccccc21)N1CCN(C(=O)c2ccco2)CC1.I. The third-order valence-electron chi connectivity index (χ3n) is 5.50. The topological polar surface area (TPSA) is 78.9 Å². The molecular formula is C22H29IN6O2. The molecule has 4 rings (SSSR count). The van der Waals surface area contributed by atoms with Crippen molar-refractivity contribution < 1.29 is 9.21 Å². The van der Waals surface area contributed by atoms with E-state index in [0.29, 0.717) is 18.8 Å². The van der Waals surface area contributed by atoms with Gasteiger partial charge in [-0.3, -0.25) is 9.79 Å². The number of benzene rings is 1. The summed E-state index contributed by atoms with van der Waals surface area (Å²) in [5, 5.41) is 3.46. The molecule has 2 aromatic heterocycles. The molecule has 1 aliphatic heterocycles. The number of carbonyl (C=O) groups excluding carboxylic acids is 1. The number of para-hydroxylation sites is 2.